The van der Waals surface area contributed by atoms with Gasteiger partial charge in [-0.25, -0.2) is 4.98 Å². The first-order valence-corrected chi connectivity index (χ1v) is 14.2. The molecule has 2 saturated heterocycles. The molecule has 0 radical (unpaired) electrons. The molecule has 4 heterocycles. The van der Waals surface area contributed by atoms with E-state index in [1.54, 1.807) is 11.3 Å². The maximum absolute atomic E-state index is 11.8. The summed E-state index contributed by atoms with van der Waals surface area (Å²) in [5, 5.41) is 16.7. The van der Waals surface area contributed by atoms with Crippen LogP contribution in [0.5, 0.6) is 0 Å². The number of fused-ring (bicyclic) bond motifs is 2. The molecule has 0 spiro atoms. The molecular weight excluding hydrogens is 508 g/mol. The molecule has 39 heavy (non-hydrogen) atoms. The van der Waals surface area contributed by atoms with E-state index >= 15 is 0 Å². The molecule has 0 unspecified atom stereocenters. The summed E-state index contributed by atoms with van der Waals surface area (Å²) in [6.07, 6.45) is -0.0192. The summed E-state index contributed by atoms with van der Waals surface area (Å²) in [5.41, 5.74) is 9.23. The van der Waals surface area contributed by atoms with E-state index in [-0.39, 0.29) is 6.42 Å². The third-order valence-electron chi connectivity index (χ3n) is 8.24. The van der Waals surface area contributed by atoms with Gasteiger partial charge in [0.05, 0.1) is 47.1 Å². The number of rotatable bonds is 6. The van der Waals surface area contributed by atoms with Crippen molar-refractivity contribution in [2.24, 2.45) is 7.05 Å². The molecule has 0 atom stereocenters. The van der Waals surface area contributed by atoms with Crippen LogP contribution in [0.15, 0.2) is 48.5 Å². The van der Waals surface area contributed by atoms with Gasteiger partial charge >= 0.3 is 5.97 Å². The van der Waals surface area contributed by atoms with Crippen LogP contribution in [0, 0.1) is 13.8 Å². The Morgan fingerprint density at radius 1 is 1.08 bits per heavy atom. The molecule has 2 aliphatic rings. The molecule has 7 nitrogen and oxygen atoms in total. The van der Waals surface area contributed by atoms with Crippen LogP contribution in [0.4, 0.5) is 0 Å². The van der Waals surface area contributed by atoms with Gasteiger partial charge < -0.3 is 9.84 Å². The fourth-order valence-corrected chi connectivity index (χ4v) is 7.04. The van der Waals surface area contributed by atoms with Gasteiger partial charge in [0.15, 0.2) is 0 Å². The Kier molecular flexibility index (Phi) is 5.80. The first-order chi connectivity index (χ1) is 18.9. The van der Waals surface area contributed by atoms with Crippen molar-refractivity contribution in [2.45, 2.75) is 32.2 Å². The van der Waals surface area contributed by atoms with Crippen molar-refractivity contribution in [1.29, 1.82) is 0 Å². The highest BCUT2D eigenvalue weighted by Gasteiger charge is 2.38. The number of benzene rings is 3. The van der Waals surface area contributed by atoms with Crippen molar-refractivity contribution in [2.75, 3.05) is 26.3 Å². The Morgan fingerprint density at radius 2 is 1.82 bits per heavy atom. The second-order valence-corrected chi connectivity index (χ2v) is 11.9. The number of aliphatic carboxylic acids is 1. The lowest BCUT2D eigenvalue weighted by atomic mass is 9.91. The van der Waals surface area contributed by atoms with Crippen LogP contribution in [0.2, 0.25) is 0 Å². The van der Waals surface area contributed by atoms with E-state index in [0.29, 0.717) is 12.0 Å². The summed E-state index contributed by atoms with van der Waals surface area (Å²) >= 11 is 1.64. The SMILES string of the molecule is Cc1ccc(-c2c(CC(=O)O)c(C)cc3nc(-c4ccc5c(c4)c(C4CN(C6COC6)C4)nn5C)sc23)cc1. The Hall–Kier alpha value is -3.59. The molecule has 2 aromatic heterocycles. The van der Waals surface area contributed by atoms with E-state index in [1.165, 1.54) is 10.9 Å². The quantitative estimate of drug-likeness (QED) is 0.305. The second-order valence-electron chi connectivity index (χ2n) is 10.9. The number of carbonyl (C=O) groups is 1. The van der Waals surface area contributed by atoms with E-state index in [2.05, 4.69) is 54.3 Å². The number of aromatic nitrogens is 3. The Labute approximate surface area is 230 Å². The molecular formula is C31H30N4O3S. The Balaban J connectivity index is 1.32. The first kappa shape index (κ1) is 24.5. The number of carboxylic acids is 1. The van der Waals surface area contributed by atoms with Gasteiger partial charge in [-0.05, 0) is 54.8 Å². The van der Waals surface area contributed by atoms with Crippen molar-refractivity contribution >= 4 is 38.4 Å². The third kappa shape index (κ3) is 4.14. The van der Waals surface area contributed by atoms with Crippen molar-refractivity contribution < 1.29 is 14.6 Å². The molecule has 0 aliphatic carbocycles. The molecule has 7 rings (SSSR count). The van der Waals surface area contributed by atoms with E-state index in [9.17, 15) is 9.90 Å². The normalized spacial score (nSPS) is 16.6. The van der Waals surface area contributed by atoms with Gasteiger partial charge in [-0.15, -0.1) is 11.3 Å². The van der Waals surface area contributed by atoms with Crippen LogP contribution in [0.25, 0.3) is 42.8 Å². The average molecular weight is 539 g/mol. The number of nitrogens with zero attached hydrogens (tertiary/aromatic N) is 4. The summed E-state index contributed by atoms with van der Waals surface area (Å²) in [4.78, 5) is 19.4. The van der Waals surface area contributed by atoms with Gasteiger partial charge in [-0.2, -0.15) is 5.10 Å². The number of carboxylic acid groups (broad SMARTS) is 1. The molecule has 3 aromatic carbocycles. The van der Waals surface area contributed by atoms with Gasteiger partial charge in [0.25, 0.3) is 0 Å². The zero-order chi connectivity index (χ0) is 26.8. The largest absolute Gasteiger partial charge is 0.481 e. The molecule has 0 bridgehead atoms. The molecule has 5 aromatic rings. The Morgan fingerprint density at radius 3 is 2.51 bits per heavy atom. The summed E-state index contributed by atoms with van der Waals surface area (Å²) in [6, 6.07) is 17.4. The maximum atomic E-state index is 11.8. The van der Waals surface area contributed by atoms with E-state index in [4.69, 9.17) is 14.8 Å². The topological polar surface area (TPSA) is 80.5 Å². The first-order valence-electron chi connectivity index (χ1n) is 13.4. The van der Waals surface area contributed by atoms with Gasteiger partial charge in [-0.1, -0.05) is 29.8 Å². The minimum Gasteiger partial charge on any atom is -0.481 e. The van der Waals surface area contributed by atoms with E-state index in [1.807, 2.05) is 24.7 Å². The van der Waals surface area contributed by atoms with Gasteiger partial charge in [0.1, 0.15) is 5.01 Å². The molecule has 2 aliphatic heterocycles. The standard InChI is InChI=1S/C31H30N4O3S/c1-17-4-6-19(7-5-17)28-23(12-27(36)37)18(2)10-25-30(28)39-31(32-25)20-8-9-26-24(11-20)29(33-34(26)3)21-13-35(14-21)22-15-38-16-22/h4-11,21-22H,12-16H2,1-3H3,(H,36,37). The number of thiazole rings is 1. The number of ether oxygens (including phenoxy) is 1. The zero-order valence-electron chi connectivity index (χ0n) is 22.3. The molecule has 0 saturated carbocycles. The maximum Gasteiger partial charge on any atom is 0.307 e. The third-order valence-corrected chi connectivity index (χ3v) is 9.38. The summed E-state index contributed by atoms with van der Waals surface area (Å²) < 4.78 is 8.39. The summed E-state index contributed by atoms with van der Waals surface area (Å²) in [5.74, 6) is -0.404. The summed E-state index contributed by atoms with van der Waals surface area (Å²) in [7, 11) is 2.01. The molecule has 1 N–H and O–H groups in total. The minimum absolute atomic E-state index is 0.0192. The van der Waals surface area contributed by atoms with Crippen molar-refractivity contribution in [3.05, 3.63) is 70.9 Å². The number of hydrogen-bond acceptors (Lipinski definition) is 6. The monoisotopic (exact) mass is 538 g/mol. The van der Waals surface area contributed by atoms with Crippen molar-refractivity contribution in [1.82, 2.24) is 19.7 Å². The molecule has 0 amide bonds. The lowest BCUT2D eigenvalue weighted by molar-refractivity contribution is -0.136. The predicted molar refractivity (Wildman–Crippen MR) is 154 cm³/mol. The van der Waals surface area contributed by atoms with Crippen LogP contribution >= 0.6 is 11.3 Å². The van der Waals surface area contributed by atoms with Gasteiger partial charge in [0, 0.05) is 42.6 Å². The molecule has 198 valence electrons. The van der Waals surface area contributed by atoms with Crippen LogP contribution < -0.4 is 0 Å². The lowest BCUT2D eigenvalue weighted by Crippen LogP contribution is -2.58. The highest BCUT2D eigenvalue weighted by atomic mass is 32.1. The Bertz CT molecular complexity index is 1740. The van der Waals surface area contributed by atoms with E-state index in [0.717, 1.165) is 80.6 Å². The van der Waals surface area contributed by atoms with Crippen LogP contribution in [-0.4, -0.2) is 63.1 Å². The zero-order valence-corrected chi connectivity index (χ0v) is 23.1. The van der Waals surface area contributed by atoms with Crippen LogP contribution in [0.1, 0.15) is 28.3 Å². The van der Waals surface area contributed by atoms with E-state index < -0.39 is 5.97 Å². The van der Waals surface area contributed by atoms with Gasteiger partial charge in [-0.3, -0.25) is 14.4 Å². The number of hydrogen-bond donors (Lipinski definition) is 1. The second kappa shape index (κ2) is 9.26. The highest BCUT2D eigenvalue weighted by Crippen LogP contribution is 2.42. The van der Waals surface area contributed by atoms with Crippen LogP contribution in [0.3, 0.4) is 0 Å². The average Bonchev–Trinajstić information content (AvgIpc) is 3.41. The lowest BCUT2D eigenvalue weighted by Gasteiger charge is -2.47. The van der Waals surface area contributed by atoms with Crippen molar-refractivity contribution in [3.8, 4) is 21.7 Å². The highest BCUT2D eigenvalue weighted by molar-refractivity contribution is 7.22. The number of likely N-dealkylation sites (tertiary alicyclic amines) is 1. The smallest absolute Gasteiger partial charge is 0.307 e. The van der Waals surface area contributed by atoms with Crippen molar-refractivity contribution in [3.63, 3.8) is 0 Å². The predicted octanol–water partition coefficient (Wildman–Crippen LogP) is 5.56. The molecule has 2 fully saturated rings. The summed E-state index contributed by atoms with van der Waals surface area (Å²) in [6.45, 7) is 7.78. The fourth-order valence-electron chi connectivity index (χ4n) is 5.91. The number of aryl methyl sites for hydroxylation is 3. The minimum atomic E-state index is -0.829. The van der Waals surface area contributed by atoms with Crippen LogP contribution in [-0.2, 0) is 23.0 Å². The fraction of sp³-hybridized carbons (Fsp3) is 0.323. The molecule has 8 heteroatoms. The van der Waals surface area contributed by atoms with Gasteiger partial charge in [0.2, 0.25) is 0 Å².